The Morgan fingerprint density at radius 2 is 1.75 bits per heavy atom. The summed E-state index contributed by atoms with van der Waals surface area (Å²) in [6.07, 6.45) is 1.74. The lowest BCUT2D eigenvalue weighted by molar-refractivity contribution is 0.0549. The highest BCUT2D eigenvalue weighted by atomic mass is 16.2. The zero-order valence-electron chi connectivity index (χ0n) is 14.2. The van der Waals surface area contributed by atoms with Crippen molar-refractivity contribution in [2.24, 2.45) is 0 Å². The van der Waals surface area contributed by atoms with Gasteiger partial charge in [-0.3, -0.25) is 9.78 Å². The number of rotatable bonds is 3. The van der Waals surface area contributed by atoms with Crippen molar-refractivity contribution in [3.8, 4) is 0 Å². The summed E-state index contributed by atoms with van der Waals surface area (Å²) in [4.78, 5) is 23.8. The maximum atomic E-state index is 13.1. The van der Waals surface area contributed by atoms with Crippen LogP contribution in [0.1, 0.15) is 37.0 Å². The van der Waals surface area contributed by atoms with Gasteiger partial charge in [-0.25, -0.2) is 4.98 Å². The average molecular weight is 319 g/mol. The summed E-state index contributed by atoms with van der Waals surface area (Å²) >= 11 is 0. The maximum Gasteiger partial charge on any atom is 0.273 e. The molecule has 0 atom stereocenters. The number of amides is 1. The Morgan fingerprint density at radius 1 is 1.00 bits per heavy atom. The van der Waals surface area contributed by atoms with Crippen LogP contribution in [0, 0.1) is 0 Å². The molecule has 2 aromatic heterocycles. The van der Waals surface area contributed by atoms with Crippen molar-refractivity contribution in [1.82, 2.24) is 14.9 Å². The van der Waals surface area contributed by atoms with Gasteiger partial charge in [0.05, 0.1) is 17.8 Å². The van der Waals surface area contributed by atoms with Gasteiger partial charge in [0.25, 0.3) is 5.91 Å². The van der Waals surface area contributed by atoms with Gasteiger partial charge in [-0.15, -0.1) is 0 Å². The predicted octanol–water partition coefficient (Wildman–Crippen LogP) is 4.07. The third-order valence-corrected chi connectivity index (χ3v) is 3.92. The summed E-state index contributed by atoms with van der Waals surface area (Å²) in [6.45, 7) is 6.52. The Hall–Kier alpha value is -2.75. The molecule has 24 heavy (non-hydrogen) atoms. The van der Waals surface area contributed by atoms with Crippen molar-refractivity contribution in [3.05, 3.63) is 72.2 Å². The lowest BCUT2D eigenvalue weighted by atomic mass is 10.0. The van der Waals surface area contributed by atoms with Gasteiger partial charge in [0.2, 0.25) is 0 Å². The molecule has 122 valence electrons. The van der Waals surface area contributed by atoms with Crippen LogP contribution in [0.4, 0.5) is 0 Å². The zero-order valence-corrected chi connectivity index (χ0v) is 14.2. The lowest BCUT2D eigenvalue weighted by Crippen LogP contribution is -2.45. The molecule has 1 amide bonds. The Labute approximate surface area is 142 Å². The molecule has 1 aromatic carbocycles. The molecule has 0 N–H and O–H groups in total. The number of carbonyl (C=O) groups is 1. The second kappa shape index (κ2) is 6.40. The van der Waals surface area contributed by atoms with E-state index in [4.69, 9.17) is 0 Å². The summed E-state index contributed by atoms with van der Waals surface area (Å²) in [6, 6.07) is 17.3. The first-order valence-corrected chi connectivity index (χ1v) is 8.03. The summed E-state index contributed by atoms with van der Waals surface area (Å²) in [7, 11) is 0. The van der Waals surface area contributed by atoms with E-state index < -0.39 is 0 Å². The molecule has 0 saturated heterocycles. The van der Waals surface area contributed by atoms with Crippen LogP contribution in [0.3, 0.4) is 0 Å². The van der Waals surface area contributed by atoms with Crippen LogP contribution < -0.4 is 0 Å². The minimum Gasteiger partial charge on any atom is -0.327 e. The largest absolute Gasteiger partial charge is 0.327 e. The Morgan fingerprint density at radius 3 is 2.46 bits per heavy atom. The van der Waals surface area contributed by atoms with Gasteiger partial charge in [-0.05, 0) is 45.0 Å². The molecule has 4 heteroatoms. The molecule has 0 saturated carbocycles. The standard InChI is InChI=1S/C20H21N3O/c1-20(2,3)23(14-16-9-6-7-13-21-16)19(24)18-12-11-15-8-4-5-10-17(15)22-18/h4-13H,14H2,1-3H3. The number of aromatic nitrogens is 2. The highest BCUT2D eigenvalue weighted by molar-refractivity contribution is 5.95. The summed E-state index contributed by atoms with van der Waals surface area (Å²) in [5, 5.41) is 1.03. The maximum absolute atomic E-state index is 13.1. The summed E-state index contributed by atoms with van der Waals surface area (Å²) in [5.41, 5.74) is 1.82. The molecule has 0 fully saturated rings. The molecule has 3 rings (SSSR count). The van der Waals surface area contributed by atoms with Crippen LogP contribution in [0.2, 0.25) is 0 Å². The van der Waals surface area contributed by atoms with Crippen LogP contribution in [-0.4, -0.2) is 26.3 Å². The van der Waals surface area contributed by atoms with Gasteiger partial charge >= 0.3 is 0 Å². The van der Waals surface area contributed by atoms with E-state index in [-0.39, 0.29) is 11.4 Å². The van der Waals surface area contributed by atoms with Crippen molar-refractivity contribution >= 4 is 16.8 Å². The van der Waals surface area contributed by atoms with E-state index in [1.165, 1.54) is 0 Å². The van der Waals surface area contributed by atoms with Gasteiger partial charge in [0.15, 0.2) is 0 Å². The van der Waals surface area contributed by atoms with E-state index >= 15 is 0 Å². The van der Waals surface area contributed by atoms with Gasteiger partial charge < -0.3 is 4.90 Å². The fraction of sp³-hybridized carbons (Fsp3) is 0.250. The second-order valence-corrected chi connectivity index (χ2v) is 6.77. The highest BCUT2D eigenvalue weighted by Gasteiger charge is 2.28. The van der Waals surface area contributed by atoms with E-state index in [0.717, 1.165) is 16.6 Å². The van der Waals surface area contributed by atoms with E-state index in [1.54, 1.807) is 12.3 Å². The van der Waals surface area contributed by atoms with Crippen molar-refractivity contribution < 1.29 is 4.79 Å². The van der Waals surface area contributed by atoms with E-state index in [1.807, 2.05) is 74.2 Å². The quantitative estimate of drug-likeness (QED) is 0.731. The fourth-order valence-electron chi connectivity index (χ4n) is 2.59. The molecule has 0 bridgehead atoms. The van der Waals surface area contributed by atoms with Crippen LogP contribution in [0.5, 0.6) is 0 Å². The molecular formula is C20H21N3O. The van der Waals surface area contributed by atoms with Crippen LogP contribution in [0.15, 0.2) is 60.8 Å². The number of hydrogen-bond acceptors (Lipinski definition) is 3. The van der Waals surface area contributed by atoms with Crippen LogP contribution >= 0.6 is 0 Å². The molecule has 0 radical (unpaired) electrons. The molecular weight excluding hydrogens is 298 g/mol. The number of para-hydroxylation sites is 1. The van der Waals surface area contributed by atoms with E-state index in [0.29, 0.717) is 12.2 Å². The molecule has 0 aliphatic heterocycles. The Balaban J connectivity index is 1.95. The van der Waals surface area contributed by atoms with Crippen molar-refractivity contribution in [3.63, 3.8) is 0 Å². The first kappa shape index (κ1) is 16.1. The number of carbonyl (C=O) groups excluding carboxylic acids is 1. The first-order valence-electron chi connectivity index (χ1n) is 8.03. The monoisotopic (exact) mass is 319 g/mol. The average Bonchev–Trinajstić information content (AvgIpc) is 2.58. The Bertz CT molecular complexity index is 853. The third kappa shape index (κ3) is 3.43. The molecule has 0 aliphatic carbocycles. The number of fused-ring (bicyclic) bond motifs is 1. The SMILES string of the molecule is CC(C)(C)N(Cc1ccccn1)C(=O)c1ccc2ccccc2n1. The van der Waals surface area contributed by atoms with Gasteiger partial charge in [-0.2, -0.15) is 0 Å². The zero-order chi connectivity index (χ0) is 17.2. The summed E-state index contributed by atoms with van der Waals surface area (Å²) in [5.74, 6) is -0.0843. The number of hydrogen-bond donors (Lipinski definition) is 0. The number of nitrogens with zero attached hydrogens (tertiary/aromatic N) is 3. The van der Waals surface area contributed by atoms with E-state index in [9.17, 15) is 4.79 Å². The Kier molecular flexibility index (Phi) is 4.30. The smallest absolute Gasteiger partial charge is 0.273 e. The number of pyridine rings is 2. The van der Waals surface area contributed by atoms with Crippen molar-refractivity contribution in [2.45, 2.75) is 32.9 Å². The first-order chi connectivity index (χ1) is 11.4. The minimum absolute atomic E-state index is 0.0843. The number of benzene rings is 1. The molecule has 0 spiro atoms. The van der Waals surface area contributed by atoms with E-state index in [2.05, 4.69) is 9.97 Å². The predicted molar refractivity (Wildman–Crippen MR) is 95.6 cm³/mol. The molecule has 0 unspecified atom stereocenters. The molecule has 4 nitrogen and oxygen atoms in total. The van der Waals surface area contributed by atoms with Gasteiger partial charge in [0.1, 0.15) is 5.69 Å². The van der Waals surface area contributed by atoms with Gasteiger partial charge in [-0.1, -0.05) is 30.3 Å². The van der Waals surface area contributed by atoms with Crippen molar-refractivity contribution in [1.29, 1.82) is 0 Å². The topological polar surface area (TPSA) is 46.1 Å². The van der Waals surface area contributed by atoms with Crippen LogP contribution in [-0.2, 0) is 6.54 Å². The minimum atomic E-state index is -0.331. The van der Waals surface area contributed by atoms with Crippen LogP contribution in [0.25, 0.3) is 10.9 Å². The third-order valence-electron chi connectivity index (χ3n) is 3.92. The van der Waals surface area contributed by atoms with Gasteiger partial charge in [0, 0.05) is 17.1 Å². The summed E-state index contributed by atoms with van der Waals surface area (Å²) < 4.78 is 0. The van der Waals surface area contributed by atoms with Crippen molar-refractivity contribution in [2.75, 3.05) is 0 Å². The normalized spacial score (nSPS) is 11.5. The fourth-order valence-corrected chi connectivity index (χ4v) is 2.59. The highest BCUT2D eigenvalue weighted by Crippen LogP contribution is 2.21. The molecule has 0 aliphatic rings. The molecule has 3 aromatic rings. The molecule has 2 heterocycles. The second-order valence-electron chi connectivity index (χ2n) is 6.77. The lowest BCUT2D eigenvalue weighted by Gasteiger charge is -2.35.